The van der Waals surface area contributed by atoms with Crippen LogP contribution in [0.25, 0.3) is 0 Å². The number of anilines is 1. The summed E-state index contributed by atoms with van der Waals surface area (Å²) in [6.07, 6.45) is 1.58. The van der Waals surface area contributed by atoms with Gasteiger partial charge in [0.05, 0.1) is 12.6 Å². The van der Waals surface area contributed by atoms with Crippen LogP contribution in [-0.4, -0.2) is 26.7 Å². The monoisotopic (exact) mass is 401 g/mol. The largest absolute Gasteiger partial charge is 0.319 e. The molecule has 8 heteroatoms. The van der Waals surface area contributed by atoms with Gasteiger partial charge in [0, 0.05) is 4.47 Å². The van der Waals surface area contributed by atoms with Gasteiger partial charge in [-0.15, -0.1) is 17.5 Å². The molecule has 0 unspecified atom stereocenters. The normalized spacial score (nSPS) is 12.4. The summed E-state index contributed by atoms with van der Waals surface area (Å²) >= 11 is 3.43. The summed E-state index contributed by atoms with van der Waals surface area (Å²) in [5.74, 6) is -0.0209. The third-order valence-corrected chi connectivity index (χ3v) is 3.71. The Labute approximate surface area is 150 Å². The third-order valence-electron chi connectivity index (χ3n) is 3.22. The van der Waals surface area contributed by atoms with Gasteiger partial charge < -0.3 is 5.73 Å². The lowest BCUT2D eigenvalue weighted by molar-refractivity contribution is -0.119. The topological polar surface area (TPSA) is 85.8 Å². The van der Waals surface area contributed by atoms with E-state index in [2.05, 4.69) is 31.3 Å². The Hall–Kier alpha value is -1.44. The first-order valence-electron chi connectivity index (χ1n) is 6.96. The minimum absolute atomic E-state index is 0. The molecule has 1 atom stereocenters. The number of carbonyl (C=O) groups is 1. The fourth-order valence-electron chi connectivity index (χ4n) is 1.83. The summed E-state index contributed by atoms with van der Waals surface area (Å²) in [5.41, 5.74) is 6.68. The molecule has 0 bridgehead atoms. The van der Waals surface area contributed by atoms with Crippen LogP contribution >= 0.6 is 28.3 Å². The Morgan fingerprint density at radius 1 is 1.43 bits per heavy atom. The zero-order valence-electron chi connectivity index (χ0n) is 13.3. The lowest BCUT2D eigenvalue weighted by Crippen LogP contribution is -2.45. The number of nitrogens with one attached hydrogen (secondary N) is 1. The van der Waals surface area contributed by atoms with Gasteiger partial charge in [-0.1, -0.05) is 48.8 Å². The minimum Gasteiger partial charge on any atom is -0.319 e. The number of aromatic nitrogens is 3. The molecule has 0 radical (unpaired) electrons. The quantitative estimate of drug-likeness (QED) is 0.823. The van der Waals surface area contributed by atoms with Gasteiger partial charge in [0.25, 0.3) is 0 Å². The van der Waals surface area contributed by atoms with Gasteiger partial charge in [-0.05, 0) is 23.1 Å². The number of hydrogen-bond donors (Lipinski definition) is 2. The number of rotatable bonds is 4. The number of nitrogens with zero attached hydrogens (tertiary/aromatic N) is 3. The Bertz CT molecular complexity index is 668. The van der Waals surface area contributed by atoms with E-state index in [-0.39, 0.29) is 29.7 Å². The summed E-state index contributed by atoms with van der Waals surface area (Å²) in [7, 11) is 0. The molecule has 0 spiro atoms. The highest BCUT2D eigenvalue weighted by Gasteiger charge is 2.28. The predicted octanol–water partition coefficient (Wildman–Crippen LogP) is 2.82. The van der Waals surface area contributed by atoms with Gasteiger partial charge >= 0.3 is 0 Å². The maximum absolute atomic E-state index is 12.0. The van der Waals surface area contributed by atoms with Crippen LogP contribution < -0.4 is 11.1 Å². The Balaban J connectivity index is 0.00000264. The second kappa shape index (κ2) is 7.90. The van der Waals surface area contributed by atoms with Crippen LogP contribution in [0.5, 0.6) is 0 Å². The maximum atomic E-state index is 12.0. The van der Waals surface area contributed by atoms with Crippen molar-refractivity contribution in [2.75, 3.05) is 5.32 Å². The summed E-state index contributed by atoms with van der Waals surface area (Å²) in [5, 5.41) is 6.89. The number of halogens is 2. The van der Waals surface area contributed by atoms with E-state index < -0.39 is 6.04 Å². The lowest BCUT2D eigenvalue weighted by atomic mass is 9.87. The predicted molar refractivity (Wildman–Crippen MR) is 96.6 cm³/mol. The highest BCUT2D eigenvalue weighted by Crippen LogP contribution is 2.18. The summed E-state index contributed by atoms with van der Waals surface area (Å²) in [4.78, 5) is 16.1. The molecule has 23 heavy (non-hydrogen) atoms. The lowest BCUT2D eigenvalue weighted by Gasteiger charge is -2.25. The molecule has 2 rings (SSSR count). The van der Waals surface area contributed by atoms with E-state index in [0.717, 1.165) is 10.0 Å². The number of nitrogens with two attached hydrogens (primary N) is 1. The van der Waals surface area contributed by atoms with Crippen molar-refractivity contribution in [3.05, 3.63) is 40.6 Å². The Kier molecular flexibility index (Phi) is 6.73. The van der Waals surface area contributed by atoms with E-state index in [1.165, 1.54) is 0 Å². The van der Waals surface area contributed by atoms with E-state index in [1.807, 2.05) is 45.0 Å². The van der Waals surface area contributed by atoms with Crippen LogP contribution in [0.3, 0.4) is 0 Å². The van der Waals surface area contributed by atoms with E-state index in [1.54, 1.807) is 11.0 Å². The van der Waals surface area contributed by atoms with Crippen molar-refractivity contribution in [2.45, 2.75) is 33.4 Å². The first kappa shape index (κ1) is 19.6. The third kappa shape index (κ3) is 5.60. The van der Waals surface area contributed by atoms with Crippen molar-refractivity contribution in [2.24, 2.45) is 11.1 Å². The summed E-state index contributed by atoms with van der Waals surface area (Å²) in [6, 6.07) is 7.31. The molecular formula is C15H21BrClN5O. The van der Waals surface area contributed by atoms with Crippen molar-refractivity contribution in [1.29, 1.82) is 0 Å². The molecule has 0 aliphatic heterocycles. The van der Waals surface area contributed by atoms with Crippen LogP contribution in [0.4, 0.5) is 5.95 Å². The zero-order valence-corrected chi connectivity index (χ0v) is 15.7. The second-order valence-electron chi connectivity index (χ2n) is 6.23. The molecule has 3 N–H and O–H groups in total. The Morgan fingerprint density at radius 2 is 2.13 bits per heavy atom. The fourth-order valence-corrected chi connectivity index (χ4v) is 2.28. The molecule has 0 saturated carbocycles. The summed E-state index contributed by atoms with van der Waals surface area (Å²) < 4.78 is 2.68. The molecule has 1 amide bonds. The zero-order chi connectivity index (χ0) is 16.3. The van der Waals surface area contributed by atoms with Gasteiger partial charge in [0.15, 0.2) is 0 Å². The molecular weight excluding hydrogens is 382 g/mol. The van der Waals surface area contributed by atoms with Gasteiger partial charge in [-0.25, -0.2) is 9.67 Å². The van der Waals surface area contributed by atoms with E-state index in [4.69, 9.17) is 5.73 Å². The van der Waals surface area contributed by atoms with Gasteiger partial charge in [-0.3, -0.25) is 10.1 Å². The number of hydrogen-bond acceptors (Lipinski definition) is 4. The minimum atomic E-state index is -0.621. The molecule has 0 saturated heterocycles. The van der Waals surface area contributed by atoms with Crippen LogP contribution in [0.15, 0.2) is 35.1 Å². The number of benzene rings is 1. The SMILES string of the molecule is CC(C)(C)[C@H](N)C(=O)Nc1ncn(Cc2cccc(Br)c2)n1.Cl. The first-order chi connectivity index (χ1) is 10.3. The average Bonchev–Trinajstić information content (AvgIpc) is 2.84. The highest BCUT2D eigenvalue weighted by atomic mass is 79.9. The smallest absolute Gasteiger partial charge is 0.248 e. The second-order valence-corrected chi connectivity index (χ2v) is 7.14. The van der Waals surface area contributed by atoms with Gasteiger partial charge in [0.2, 0.25) is 11.9 Å². The van der Waals surface area contributed by atoms with Gasteiger partial charge in [-0.2, -0.15) is 0 Å². The standard InChI is InChI=1S/C15H20BrN5O.ClH/c1-15(2,3)12(17)13(22)19-14-18-9-21(20-14)8-10-5-4-6-11(16)7-10;/h4-7,9,12H,8,17H2,1-3H3,(H,19,20,22);1H/t12-;/m1./s1. The molecule has 1 aromatic carbocycles. The van der Waals surface area contributed by atoms with E-state index in [0.29, 0.717) is 6.54 Å². The van der Waals surface area contributed by atoms with Crippen LogP contribution in [0.1, 0.15) is 26.3 Å². The van der Waals surface area contributed by atoms with E-state index in [9.17, 15) is 4.79 Å². The van der Waals surface area contributed by atoms with E-state index >= 15 is 0 Å². The summed E-state index contributed by atoms with van der Waals surface area (Å²) in [6.45, 7) is 6.32. The molecule has 2 aromatic rings. The fraction of sp³-hybridized carbons (Fsp3) is 0.400. The molecule has 0 aliphatic carbocycles. The van der Waals surface area contributed by atoms with Crippen molar-refractivity contribution in [3.8, 4) is 0 Å². The highest BCUT2D eigenvalue weighted by molar-refractivity contribution is 9.10. The molecule has 1 heterocycles. The Morgan fingerprint density at radius 3 is 2.74 bits per heavy atom. The van der Waals surface area contributed by atoms with Crippen molar-refractivity contribution in [1.82, 2.24) is 14.8 Å². The first-order valence-corrected chi connectivity index (χ1v) is 7.75. The van der Waals surface area contributed by atoms with Crippen molar-refractivity contribution >= 4 is 40.2 Å². The maximum Gasteiger partial charge on any atom is 0.248 e. The number of carbonyl (C=O) groups excluding carboxylic acids is 1. The molecule has 126 valence electrons. The molecule has 1 aromatic heterocycles. The van der Waals surface area contributed by atoms with Crippen LogP contribution in [-0.2, 0) is 11.3 Å². The molecule has 6 nitrogen and oxygen atoms in total. The van der Waals surface area contributed by atoms with Gasteiger partial charge in [0.1, 0.15) is 6.33 Å². The van der Waals surface area contributed by atoms with Crippen LogP contribution in [0.2, 0.25) is 0 Å². The average molecular weight is 403 g/mol. The molecule has 0 aliphatic rings. The molecule has 0 fully saturated rings. The number of amides is 1. The van der Waals surface area contributed by atoms with Crippen molar-refractivity contribution < 1.29 is 4.79 Å². The van der Waals surface area contributed by atoms with Crippen molar-refractivity contribution in [3.63, 3.8) is 0 Å². The van der Waals surface area contributed by atoms with Crippen LogP contribution in [0, 0.1) is 5.41 Å².